The maximum Gasteiger partial charge on any atom is 0.416 e. The van der Waals surface area contributed by atoms with Gasteiger partial charge >= 0.3 is 18.2 Å². The molecule has 0 saturated carbocycles. The fourth-order valence-electron chi connectivity index (χ4n) is 2.48. The van der Waals surface area contributed by atoms with Crippen LogP contribution in [0.1, 0.15) is 12.0 Å². The molecular weight excluding hydrogens is 337 g/mol. The number of benzene rings is 1. The SMILES string of the molecule is O=C(Nc1cccc(C(F)(F)F)c1)N1CCC(Oc2ncccn2)C1. The Morgan fingerprint density at radius 2 is 2.00 bits per heavy atom. The number of rotatable bonds is 3. The van der Waals surface area contributed by atoms with Crippen LogP contribution in [0.5, 0.6) is 6.01 Å². The molecule has 1 aromatic heterocycles. The van der Waals surface area contributed by atoms with Crippen molar-refractivity contribution in [3.05, 3.63) is 48.3 Å². The van der Waals surface area contributed by atoms with E-state index < -0.39 is 17.8 Å². The summed E-state index contributed by atoms with van der Waals surface area (Å²) in [5.74, 6) is 0. The Morgan fingerprint density at radius 1 is 1.24 bits per heavy atom. The summed E-state index contributed by atoms with van der Waals surface area (Å²) in [4.78, 5) is 21.6. The van der Waals surface area contributed by atoms with E-state index in [9.17, 15) is 18.0 Å². The number of hydrogen-bond acceptors (Lipinski definition) is 4. The topological polar surface area (TPSA) is 67.4 Å². The minimum atomic E-state index is -4.46. The molecule has 0 spiro atoms. The van der Waals surface area contributed by atoms with Crippen molar-refractivity contribution >= 4 is 11.7 Å². The molecule has 0 bridgehead atoms. The number of ether oxygens (including phenoxy) is 1. The summed E-state index contributed by atoms with van der Waals surface area (Å²) < 4.78 is 43.7. The van der Waals surface area contributed by atoms with Crippen LogP contribution >= 0.6 is 0 Å². The van der Waals surface area contributed by atoms with E-state index in [1.807, 2.05) is 0 Å². The zero-order valence-corrected chi connectivity index (χ0v) is 13.0. The van der Waals surface area contributed by atoms with Crippen molar-refractivity contribution in [2.75, 3.05) is 18.4 Å². The van der Waals surface area contributed by atoms with Gasteiger partial charge in [0.15, 0.2) is 0 Å². The summed E-state index contributed by atoms with van der Waals surface area (Å²) >= 11 is 0. The predicted molar refractivity (Wildman–Crippen MR) is 83.1 cm³/mol. The van der Waals surface area contributed by atoms with Gasteiger partial charge in [-0.15, -0.1) is 0 Å². The summed E-state index contributed by atoms with van der Waals surface area (Å²) in [6, 6.07) is 5.94. The lowest BCUT2D eigenvalue weighted by Crippen LogP contribution is -2.34. The molecule has 1 fully saturated rings. The van der Waals surface area contributed by atoms with E-state index in [2.05, 4.69) is 15.3 Å². The number of nitrogens with zero attached hydrogens (tertiary/aromatic N) is 3. The molecule has 25 heavy (non-hydrogen) atoms. The maximum absolute atomic E-state index is 12.7. The van der Waals surface area contributed by atoms with Gasteiger partial charge in [0.1, 0.15) is 6.10 Å². The van der Waals surface area contributed by atoms with Crippen molar-refractivity contribution in [2.45, 2.75) is 18.7 Å². The quantitative estimate of drug-likeness (QED) is 0.921. The van der Waals surface area contributed by atoms with Gasteiger partial charge in [-0.2, -0.15) is 13.2 Å². The molecule has 1 aliphatic rings. The molecule has 9 heteroatoms. The molecule has 1 aliphatic heterocycles. The highest BCUT2D eigenvalue weighted by Crippen LogP contribution is 2.30. The molecule has 1 atom stereocenters. The highest BCUT2D eigenvalue weighted by atomic mass is 19.4. The first kappa shape index (κ1) is 17.0. The molecular formula is C16H15F3N4O2. The van der Waals surface area contributed by atoms with Gasteiger partial charge in [-0.3, -0.25) is 0 Å². The molecule has 2 aromatic rings. The zero-order chi connectivity index (χ0) is 17.9. The molecule has 2 heterocycles. The minimum Gasteiger partial charge on any atom is -0.458 e. The first-order valence-electron chi connectivity index (χ1n) is 7.59. The molecule has 132 valence electrons. The van der Waals surface area contributed by atoms with Gasteiger partial charge in [-0.1, -0.05) is 6.07 Å². The van der Waals surface area contributed by atoms with E-state index in [-0.39, 0.29) is 17.8 Å². The molecule has 1 aromatic carbocycles. The van der Waals surface area contributed by atoms with Gasteiger partial charge in [0.25, 0.3) is 0 Å². The molecule has 0 aliphatic carbocycles. The number of urea groups is 1. The highest BCUT2D eigenvalue weighted by molar-refractivity contribution is 5.89. The summed E-state index contributed by atoms with van der Waals surface area (Å²) in [5.41, 5.74) is -0.718. The lowest BCUT2D eigenvalue weighted by molar-refractivity contribution is -0.137. The van der Waals surface area contributed by atoms with E-state index in [0.29, 0.717) is 19.5 Å². The maximum atomic E-state index is 12.7. The standard InChI is InChI=1S/C16H15F3N4O2/c17-16(18,19)11-3-1-4-12(9-11)22-15(24)23-8-5-13(10-23)25-14-20-6-2-7-21-14/h1-4,6-7,9,13H,5,8,10H2,(H,22,24). The minimum absolute atomic E-state index is 0.0931. The van der Waals surface area contributed by atoms with E-state index in [0.717, 1.165) is 12.1 Å². The number of nitrogens with one attached hydrogen (secondary N) is 1. The van der Waals surface area contributed by atoms with Crippen LogP contribution in [-0.2, 0) is 6.18 Å². The fourth-order valence-corrected chi connectivity index (χ4v) is 2.48. The smallest absolute Gasteiger partial charge is 0.416 e. The van der Waals surface area contributed by atoms with E-state index in [4.69, 9.17) is 4.74 Å². The van der Waals surface area contributed by atoms with Crippen molar-refractivity contribution in [1.29, 1.82) is 0 Å². The summed E-state index contributed by atoms with van der Waals surface area (Å²) in [5, 5.41) is 2.48. The Hall–Kier alpha value is -2.84. The Kier molecular flexibility index (Phi) is 4.73. The van der Waals surface area contributed by atoms with Gasteiger partial charge in [0, 0.05) is 31.0 Å². The molecule has 1 N–H and O–H groups in total. The van der Waals surface area contributed by atoms with Crippen LogP contribution in [0.3, 0.4) is 0 Å². The molecule has 2 amide bonds. The molecule has 1 unspecified atom stereocenters. The van der Waals surface area contributed by atoms with E-state index >= 15 is 0 Å². The number of anilines is 1. The first-order chi connectivity index (χ1) is 11.9. The van der Waals surface area contributed by atoms with Gasteiger partial charge in [-0.25, -0.2) is 14.8 Å². The van der Waals surface area contributed by atoms with Gasteiger partial charge < -0.3 is 15.0 Å². The third-order valence-corrected chi connectivity index (χ3v) is 3.69. The number of aromatic nitrogens is 2. The zero-order valence-electron chi connectivity index (χ0n) is 13.0. The third kappa shape index (κ3) is 4.37. The van der Waals surface area contributed by atoms with Crippen molar-refractivity contribution in [3.8, 4) is 6.01 Å². The van der Waals surface area contributed by atoms with Crippen molar-refractivity contribution in [2.24, 2.45) is 0 Å². The summed E-state index contributed by atoms with van der Waals surface area (Å²) in [6.45, 7) is 0.741. The molecule has 1 saturated heterocycles. The largest absolute Gasteiger partial charge is 0.458 e. The van der Waals surface area contributed by atoms with Crippen LogP contribution in [0, 0.1) is 0 Å². The normalized spacial score (nSPS) is 17.4. The number of likely N-dealkylation sites (tertiary alicyclic amines) is 1. The molecule has 3 rings (SSSR count). The summed E-state index contributed by atoms with van der Waals surface area (Å²) in [6.07, 6.45) is -1.02. The van der Waals surface area contributed by atoms with Gasteiger partial charge in [0.05, 0.1) is 12.1 Å². The Morgan fingerprint density at radius 3 is 2.72 bits per heavy atom. The van der Waals surface area contributed by atoms with Gasteiger partial charge in [0.2, 0.25) is 0 Å². The second-order valence-electron chi connectivity index (χ2n) is 5.51. The Balaban J connectivity index is 1.58. The summed E-state index contributed by atoms with van der Waals surface area (Å²) in [7, 11) is 0. The average Bonchev–Trinajstić information content (AvgIpc) is 3.04. The van der Waals surface area contributed by atoms with E-state index in [1.165, 1.54) is 17.0 Å². The van der Waals surface area contributed by atoms with Crippen molar-refractivity contribution < 1.29 is 22.7 Å². The predicted octanol–water partition coefficient (Wildman–Crippen LogP) is 3.18. The van der Waals surface area contributed by atoms with Crippen LogP contribution in [-0.4, -0.2) is 40.1 Å². The van der Waals surface area contributed by atoms with Gasteiger partial charge in [-0.05, 0) is 24.3 Å². The van der Waals surface area contributed by atoms with Crippen LogP contribution < -0.4 is 10.1 Å². The number of hydrogen-bond donors (Lipinski definition) is 1. The second-order valence-corrected chi connectivity index (χ2v) is 5.51. The number of halogens is 3. The van der Waals surface area contributed by atoms with Crippen LogP contribution in [0.4, 0.5) is 23.7 Å². The second kappa shape index (κ2) is 6.96. The lowest BCUT2D eigenvalue weighted by atomic mass is 10.2. The monoisotopic (exact) mass is 352 g/mol. The third-order valence-electron chi connectivity index (χ3n) is 3.69. The average molecular weight is 352 g/mol. The molecule has 6 nitrogen and oxygen atoms in total. The number of carbonyl (C=O) groups excluding carboxylic acids is 1. The molecule has 0 radical (unpaired) electrons. The number of carbonyl (C=O) groups is 1. The van der Waals surface area contributed by atoms with Crippen LogP contribution in [0.15, 0.2) is 42.7 Å². The lowest BCUT2D eigenvalue weighted by Gasteiger charge is -2.18. The van der Waals surface area contributed by atoms with Crippen molar-refractivity contribution in [1.82, 2.24) is 14.9 Å². The van der Waals surface area contributed by atoms with E-state index in [1.54, 1.807) is 18.5 Å². The van der Waals surface area contributed by atoms with Crippen LogP contribution in [0.2, 0.25) is 0 Å². The number of alkyl halides is 3. The first-order valence-corrected chi connectivity index (χ1v) is 7.59. The van der Waals surface area contributed by atoms with Crippen LogP contribution in [0.25, 0.3) is 0 Å². The fraction of sp³-hybridized carbons (Fsp3) is 0.312. The Bertz CT molecular complexity index is 740. The number of amides is 2. The highest BCUT2D eigenvalue weighted by Gasteiger charge is 2.31. The van der Waals surface area contributed by atoms with Crippen molar-refractivity contribution in [3.63, 3.8) is 0 Å². The Labute approximate surface area is 141 Å².